The van der Waals surface area contributed by atoms with Crippen LogP contribution in [-0.2, 0) is 0 Å². The van der Waals surface area contributed by atoms with E-state index >= 15 is 0 Å². The van der Waals surface area contributed by atoms with Crippen molar-refractivity contribution in [3.05, 3.63) is 157 Å². The summed E-state index contributed by atoms with van der Waals surface area (Å²) in [5.74, 6) is 0. The van der Waals surface area contributed by atoms with Crippen LogP contribution in [-0.4, -0.2) is 0 Å². The van der Waals surface area contributed by atoms with Gasteiger partial charge in [0.1, 0.15) is 0 Å². The molecule has 0 amide bonds. The summed E-state index contributed by atoms with van der Waals surface area (Å²) in [5, 5.41) is -7.36. The van der Waals surface area contributed by atoms with Crippen LogP contribution in [0.5, 0.6) is 0 Å². The van der Waals surface area contributed by atoms with Gasteiger partial charge < -0.3 is 0 Å². The van der Waals surface area contributed by atoms with Crippen LogP contribution in [0.15, 0.2) is 157 Å². The lowest BCUT2D eigenvalue weighted by atomic mass is 9.84. The van der Waals surface area contributed by atoms with Crippen molar-refractivity contribution in [2.75, 3.05) is 0 Å². The van der Waals surface area contributed by atoms with Gasteiger partial charge in [-0.2, -0.15) is 0 Å². The Morgan fingerprint density at radius 2 is 0.690 bits per heavy atom. The molecule has 0 unspecified atom stereocenters. The van der Waals surface area contributed by atoms with Crippen molar-refractivity contribution in [2.24, 2.45) is 0 Å². The molecule has 0 saturated heterocycles. The third-order valence-electron chi connectivity index (χ3n) is 7.12. The summed E-state index contributed by atoms with van der Waals surface area (Å²) in [5.41, 5.74) is -2.93. The van der Waals surface area contributed by atoms with Crippen LogP contribution in [0.4, 0.5) is 0 Å². The number of hydrogen-bond acceptors (Lipinski definition) is 0. The molecule has 9 aromatic rings. The maximum Gasteiger partial charge on any atom is 0.0636 e. The summed E-state index contributed by atoms with van der Waals surface area (Å²) < 4.78 is 234. The van der Waals surface area contributed by atoms with Crippen molar-refractivity contribution in [3.8, 4) is 22.3 Å². The Morgan fingerprint density at radius 1 is 0.286 bits per heavy atom. The largest absolute Gasteiger partial charge is 0.0636 e. The second-order valence-corrected chi connectivity index (χ2v) is 9.25. The normalized spacial score (nSPS) is 20.5. The topological polar surface area (TPSA) is 0 Å². The van der Waals surface area contributed by atoms with E-state index < -0.39 is 244 Å². The first kappa shape index (κ1) is 9.28. The van der Waals surface area contributed by atoms with Crippen LogP contribution in [0.3, 0.4) is 0 Å². The smallest absolute Gasteiger partial charge is 0.0616 e. The predicted octanol–water partition coefficient (Wildman–Crippen LogP) is 11.9. The van der Waals surface area contributed by atoms with Crippen LogP contribution >= 0.6 is 0 Å². The van der Waals surface area contributed by atoms with Crippen molar-refractivity contribution in [2.45, 2.75) is 0 Å². The monoisotopic (exact) mass is 556 g/mol. The zero-order valence-electron chi connectivity index (χ0n) is 47.0. The van der Waals surface area contributed by atoms with Gasteiger partial charge in [0, 0.05) is 0 Å². The average molecular weight is 557 g/mol. The Bertz CT molecular complexity index is 3840. The Hall–Kier alpha value is -5.46. The Kier molecular flexibility index (Phi) is 1.99. The first-order valence-electron chi connectivity index (χ1n) is 25.5. The SMILES string of the molecule is [2H]c1c([2H])c([2H])c2c(-c3c4c([2H])c([2H])c([2H])c([2H])c4c(-c4c([2H])c([2H])c5c6c([2H])c([2H])c([2H])c([2H])c6c6c([2H])c([2H])c([2H])c([2H])c6c5c4[2H])c4c([2H])c([2H])c([2H])c([2H])c34)c([2H])c([2H])c([2H])c2c1[2H]. The average Bonchev–Trinajstić information content (AvgIpc) is 3.31. The van der Waals surface area contributed by atoms with Crippen molar-refractivity contribution >= 4 is 64.6 Å². The first-order chi connectivity index (χ1) is 31.7. The standard InChI is InChI=1S/C42H26/c1-2-14-29-27(12-1)13-11-23-35(29)42-38-21-9-7-19-36(38)41(37-20-8-10-22-39(37)42)28-24-25-34-32-17-4-3-15-30(32)31-16-5-6-18-33(31)40(34)26-28/h1-26H/i1D,2D,3D,4D,5D,6D,7D,8D,9D,10D,11D,12D,13D,14D,15D,16D,17D,18D,19D,20D,21D,22D,23D,24D,25D,26D. The molecule has 0 saturated carbocycles. The highest BCUT2D eigenvalue weighted by Gasteiger charge is 2.18. The van der Waals surface area contributed by atoms with Gasteiger partial charge in [0.05, 0.1) is 35.6 Å². The molecule has 0 aliphatic rings. The first-order valence-corrected chi connectivity index (χ1v) is 12.5. The van der Waals surface area contributed by atoms with Gasteiger partial charge in [0.2, 0.25) is 0 Å². The molecule has 0 aliphatic heterocycles. The minimum absolute atomic E-state index is 0.474. The van der Waals surface area contributed by atoms with Crippen molar-refractivity contribution < 1.29 is 35.6 Å². The zero-order valence-corrected chi connectivity index (χ0v) is 21.0. The van der Waals surface area contributed by atoms with E-state index in [1.54, 1.807) is 0 Å². The molecular formula is C42H26. The van der Waals surface area contributed by atoms with Gasteiger partial charge in [0.25, 0.3) is 0 Å². The van der Waals surface area contributed by atoms with Gasteiger partial charge >= 0.3 is 0 Å². The summed E-state index contributed by atoms with van der Waals surface area (Å²) in [6.07, 6.45) is 0. The van der Waals surface area contributed by atoms with Gasteiger partial charge in [-0.15, -0.1) is 0 Å². The molecular weight excluding hydrogens is 504 g/mol. The molecule has 9 rings (SSSR count). The molecule has 0 atom stereocenters. The summed E-state index contributed by atoms with van der Waals surface area (Å²) in [7, 11) is 0. The van der Waals surface area contributed by atoms with Crippen molar-refractivity contribution in [3.63, 3.8) is 0 Å². The molecule has 0 nitrogen and oxygen atoms in total. The van der Waals surface area contributed by atoms with Gasteiger partial charge in [-0.05, 0) is 92.9 Å². The fourth-order valence-corrected chi connectivity index (χ4v) is 5.41. The molecule has 0 N–H and O–H groups in total. The maximum absolute atomic E-state index is 9.99. The van der Waals surface area contributed by atoms with Crippen LogP contribution in [0.25, 0.3) is 86.9 Å². The molecule has 42 heavy (non-hydrogen) atoms. The molecule has 0 bridgehead atoms. The van der Waals surface area contributed by atoms with Crippen molar-refractivity contribution in [1.82, 2.24) is 0 Å². The Balaban J connectivity index is 1.71. The summed E-state index contributed by atoms with van der Waals surface area (Å²) in [6.45, 7) is 0. The van der Waals surface area contributed by atoms with E-state index in [1.165, 1.54) is 0 Å². The fraction of sp³-hybridized carbons (Fsp3) is 0. The second-order valence-electron chi connectivity index (χ2n) is 9.25. The second kappa shape index (κ2) is 9.03. The van der Waals surface area contributed by atoms with Crippen LogP contribution in [0.2, 0.25) is 0 Å². The van der Waals surface area contributed by atoms with E-state index in [0.717, 1.165) is 0 Å². The predicted molar refractivity (Wildman–Crippen MR) is 182 cm³/mol. The summed E-state index contributed by atoms with van der Waals surface area (Å²) >= 11 is 0. The minimum atomic E-state index is -1.01. The number of fused-ring (bicyclic) bond motifs is 9. The molecule has 0 aliphatic carbocycles. The molecule has 0 radical (unpaired) electrons. The van der Waals surface area contributed by atoms with E-state index in [2.05, 4.69) is 0 Å². The lowest BCUT2D eigenvalue weighted by molar-refractivity contribution is 1.69. The molecule has 0 aromatic heterocycles. The summed E-state index contributed by atoms with van der Waals surface area (Å²) in [6, 6.07) is -23.6. The molecule has 0 heterocycles. The Morgan fingerprint density at radius 3 is 1.26 bits per heavy atom. The summed E-state index contributed by atoms with van der Waals surface area (Å²) in [4.78, 5) is 0. The molecule has 194 valence electrons. The van der Waals surface area contributed by atoms with E-state index in [4.69, 9.17) is 24.7 Å². The Labute approximate surface area is 280 Å². The maximum atomic E-state index is 9.99. The molecule has 0 spiro atoms. The number of benzene rings is 9. The van der Waals surface area contributed by atoms with Gasteiger partial charge in [-0.3, -0.25) is 0 Å². The van der Waals surface area contributed by atoms with Gasteiger partial charge in [-0.25, -0.2) is 0 Å². The van der Waals surface area contributed by atoms with Crippen molar-refractivity contribution in [1.29, 1.82) is 0 Å². The van der Waals surface area contributed by atoms with E-state index in [-0.39, 0.29) is 0 Å². The lowest BCUT2D eigenvalue weighted by Crippen LogP contribution is -1.92. The quantitative estimate of drug-likeness (QED) is 0.147. The number of rotatable bonds is 2. The highest BCUT2D eigenvalue weighted by Crippen LogP contribution is 2.46. The zero-order chi connectivity index (χ0) is 50.2. The van der Waals surface area contributed by atoms with Crippen LogP contribution < -0.4 is 0 Å². The molecule has 0 heteroatoms. The molecule has 0 fully saturated rings. The third-order valence-corrected chi connectivity index (χ3v) is 7.12. The van der Waals surface area contributed by atoms with E-state index in [9.17, 15) is 11.0 Å². The van der Waals surface area contributed by atoms with Crippen LogP contribution in [0, 0.1) is 0 Å². The number of hydrogen-bond donors (Lipinski definition) is 0. The van der Waals surface area contributed by atoms with Crippen LogP contribution in [0.1, 0.15) is 35.6 Å². The van der Waals surface area contributed by atoms with E-state index in [0.29, 0.717) is 0 Å². The van der Waals surface area contributed by atoms with Gasteiger partial charge in [-0.1, -0.05) is 151 Å². The van der Waals surface area contributed by atoms with Gasteiger partial charge in [0.15, 0.2) is 0 Å². The highest BCUT2D eigenvalue weighted by molar-refractivity contribution is 6.27. The van der Waals surface area contributed by atoms with E-state index in [1.807, 2.05) is 0 Å². The highest BCUT2D eigenvalue weighted by atomic mass is 14.2. The molecule has 9 aromatic carbocycles. The minimum Gasteiger partial charge on any atom is -0.0616 e. The fourth-order valence-electron chi connectivity index (χ4n) is 5.41. The lowest BCUT2D eigenvalue weighted by Gasteiger charge is -2.19. The third kappa shape index (κ3) is 3.30.